The molecule has 2 aliphatic heterocycles. The van der Waals surface area contributed by atoms with Gasteiger partial charge in [0, 0.05) is 37.0 Å². The third-order valence-corrected chi connectivity index (χ3v) is 6.88. The molecule has 0 unspecified atom stereocenters. The number of carbonyl (C=O) groups is 2. The first-order chi connectivity index (χ1) is 15.4. The predicted molar refractivity (Wildman–Crippen MR) is 119 cm³/mol. The van der Waals surface area contributed by atoms with Crippen LogP contribution in [0.4, 0.5) is 5.82 Å². The van der Waals surface area contributed by atoms with Gasteiger partial charge in [0.1, 0.15) is 11.6 Å². The van der Waals surface area contributed by atoms with E-state index in [4.69, 9.17) is 9.97 Å². The van der Waals surface area contributed by atoms with E-state index in [0.717, 1.165) is 42.9 Å². The van der Waals surface area contributed by atoms with Gasteiger partial charge in [-0.2, -0.15) is 0 Å². The van der Waals surface area contributed by atoms with Gasteiger partial charge in [0.2, 0.25) is 5.91 Å². The van der Waals surface area contributed by atoms with E-state index in [1.165, 1.54) is 12.8 Å². The molecule has 2 aromatic heterocycles. The quantitative estimate of drug-likeness (QED) is 0.733. The number of likely N-dealkylation sites (tertiary alicyclic amines) is 1. The molecule has 1 atom stereocenters. The zero-order valence-corrected chi connectivity index (χ0v) is 19.1. The summed E-state index contributed by atoms with van der Waals surface area (Å²) >= 11 is 0. The molecule has 8 heteroatoms. The van der Waals surface area contributed by atoms with Crippen LogP contribution in [0.1, 0.15) is 83.5 Å². The largest absolute Gasteiger partial charge is 0.328 e. The molecule has 168 valence electrons. The van der Waals surface area contributed by atoms with E-state index >= 15 is 0 Å². The third-order valence-electron chi connectivity index (χ3n) is 6.88. The third kappa shape index (κ3) is 3.87. The number of anilines is 1. The molecule has 0 spiro atoms. The van der Waals surface area contributed by atoms with Crippen LogP contribution in [0.2, 0.25) is 0 Å². The van der Waals surface area contributed by atoms with Crippen molar-refractivity contribution >= 4 is 17.6 Å². The highest BCUT2D eigenvalue weighted by molar-refractivity contribution is 5.96. The standard InChI is InChI=1S/C24H30N6O2/c1-14-18-9-10-21(31)30(13-17-7-8-17)23(18)28-22(27-14)20-6-4-5-11-29(20)24(32)19-12-25-16(3)26-15(19)2/h12,17,20H,4-11,13H2,1-3H3/t20-/m0/s1. The monoisotopic (exact) mass is 434 g/mol. The van der Waals surface area contributed by atoms with Crippen LogP contribution >= 0.6 is 0 Å². The minimum Gasteiger partial charge on any atom is -0.328 e. The van der Waals surface area contributed by atoms with Gasteiger partial charge in [-0.1, -0.05) is 0 Å². The van der Waals surface area contributed by atoms with Crippen LogP contribution in [0.25, 0.3) is 0 Å². The van der Waals surface area contributed by atoms with Gasteiger partial charge in [-0.3, -0.25) is 14.5 Å². The molecule has 2 aromatic rings. The Morgan fingerprint density at radius 3 is 2.59 bits per heavy atom. The Hall–Kier alpha value is -2.90. The van der Waals surface area contributed by atoms with Crippen molar-refractivity contribution in [1.82, 2.24) is 24.8 Å². The summed E-state index contributed by atoms with van der Waals surface area (Å²) in [5, 5.41) is 0. The molecule has 0 aromatic carbocycles. The molecular formula is C24H30N6O2. The number of rotatable bonds is 4. The Labute approximate surface area is 188 Å². The Bertz CT molecular complexity index is 1080. The fourth-order valence-electron chi connectivity index (χ4n) is 4.89. The SMILES string of the molecule is Cc1ncc(C(=O)N2CCCC[C@H]2c2nc(C)c3c(n2)N(CC2CC2)C(=O)CC3)c(C)n1. The molecule has 0 radical (unpaired) electrons. The van der Waals surface area contributed by atoms with Crippen molar-refractivity contribution in [1.29, 1.82) is 0 Å². The lowest BCUT2D eigenvalue weighted by atomic mass is 9.98. The Morgan fingerprint density at radius 2 is 1.84 bits per heavy atom. The van der Waals surface area contributed by atoms with Crippen LogP contribution in [-0.4, -0.2) is 49.7 Å². The molecule has 1 saturated heterocycles. The highest BCUT2D eigenvalue weighted by atomic mass is 16.2. The van der Waals surface area contributed by atoms with E-state index < -0.39 is 0 Å². The van der Waals surface area contributed by atoms with Gasteiger partial charge in [0.05, 0.1) is 17.3 Å². The van der Waals surface area contributed by atoms with Crippen LogP contribution in [0.5, 0.6) is 0 Å². The minimum absolute atomic E-state index is 0.0721. The number of carbonyl (C=O) groups excluding carboxylic acids is 2. The molecule has 0 N–H and O–H groups in total. The lowest BCUT2D eigenvalue weighted by Crippen LogP contribution is -2.41. The smallest absolute Gasteiger partial charge is 0.257 e. The summed E-state index contributed by atoms with van der Waals surface area (Å²) in [6.07, 6.45) is 7.97. The molecule has 32 heavy (non-hydrogen) atoms. The van der Waals surface area contributed by atoms with Crippen molar-refractivity contribution in [3.8, 4) is 0 Å². The number of hydrogen-bond acceptors (Lipinski definition) is 6. The van der Waals surface area contributed by atoms with Crippen molar-refractivity contribution in [2.75, 3.05) is 18.0 Å². The summed E-state index contributed by atoms with van der Waals surface area (Å²) in [5.74, 6) is 2.73. The van der Waals surface area contributed by atoms with Gasteiger partial charge in [0.25, 0.3) is 5.91 Å². The van der Waals surface area contributed by atoms with Crippen LogP contribution in [-0.2, 0) is 11.2 Å². The topological polar surface area (TPSA) is 92.2 Å². The molecule has 3 aliphatic rings. The molecule has 8 nitrogen and oxygen atoms in total. The summed E-state index contributed by atoms with van der Waals surface area (Å²) in [6.45, 7) is 7.07. The number of amides is 2. The van der Waals surface area contributed by atoms with Crippen molar-refractivity contribution in [3.63, 3.8) is 0 Å². The van der Waals surface area contributed by atoms with Crippen molar-refractivity contribution in [2.24, 2.45) is 5.92 Å². The van der Waals surface area contributed by atoms with E-state index in [2.05, 4.69) is 9.97 Å². The second-order valence-corrected chi connectivity index (χ2v) is 9.34. The highest BCUT2D eigenvalue weighted by Gasteiger charge is 2.36. The molecule has 2 fully saturated rings. The number of hydrogen-bond donors (Lipinski definition) is 0. The molecule has 1 saturated carbocycles. The average Bonchev–Trinajstić information content (AvgIpc) is 3.59. The molecule has 2 amide bonds. The van der Waals surface area contributed by atoms with Gasteiger partial charge >= 0.3 is 0 Å². The number of piperidine rings is 1. The molecular weight excluding hydrogens is 404 g/mol. The average molecular weight is 435 g/mol. The first-order valence-corrected chi connectivity index (χ1v) is 11.7. The Kier molecular flexibility index (Phi) is 5.39. The fourth-order valence-corrected chi connectivity index (χ4v) is 4.89. The van der Waals surface area contributed by atoms with E-state index in [9.17, 15) is 9.59 Å². The normalized spacial score (nSPS) is 21.0. The maximum absolute atomic E-state index is 13.5. The van der Waals surface area contributed by atoms with Crippen LogP contribution in [0.3, 0.4) is 0 Å². The fraction of sp³-hybridized carbons (Fsp3) is 0.583. The number of aryl methyl sites for hydroxylation is 3. The lowest BCUT2D eigenvalue weighted by molar-refractivity contribution is -0.119. The maximum atomic E-state index is 13.5. The zero-order chi connectivity index (χ0) is 22.4. The van der Waals surface area contributed by atoms with E-state index in [1.807, 2.05) is 30.6 Å². The van der Waals surface area contributed by atoms with E-state index in [1.54, 1.807) is 6.20 Å². The van der Waals surface area contributed by atoms with E-state index in [0.29, 0.717) is 48.2 Å². The maximum Gasteiger partial charge on any atom is 0.257 e. The molecule has 1 aliphatic carbocycles. The summed E-state index contributed by atoms with van der Waals surface area (Å²) in [7, 11) is 0. The molecule has 0 bridgehead atoms. The van der Waals surface area contributed by atoms with Crippen molar-refractivity contribution in [2.45, 2.75) is 71.8 Å². The van der Waals surface area contributed by atoms with Gasteiger partial charge in [-0.15, -0.1) is 0 Å². The lowest BCUT2D eigenvalue weighted by Gasteiger charge is -2.36. The minimum atomic E-state index is -0.208. The predicted octanol–water partition coefficient (Wildman–Crippen LogP) is 3.25. The first-order valence-electron chi connectivity index (χ1n) is 11.7. The van der Waals surface area contributed by atoms with Gasteiger partial charge in [-0.25, -0.2) is 19.9 Å². The molecule has 5 rings (SSSR count). The summed E-state index contributed by atoms with van der Waals surface area (Å²) < 4.78 is 0. The number of aromatic nitrogens is 4. The number of nitrogens with zero attached hydrogens (tertiary/aromatic N) is 6. The van der Waals surface area contributed by atoms with Gasteiger partial charge in [0.15, 0.2) is 5.82 Å². The zero-order valence-electron chi connectivity index (χ0n) is 19.1. The van der Waals surface area contributed by atoms with Crippen LogP contribution in [0.15, 0.2) is 6.20 Å². The summed E-state index contributed by atoms with van der Waals surface area (Å²) in [4.78, 5) is 48.4. The first kappa shape index (κ1) is 21.0. The number of fused-ring (bicyclic) bond motifs is 1. The molecule has 4 heterocycles. The Morgan fingerprint density at radius 1 is 1.03 bits per heavy atom. The van der Waals surface area contributed by atoms with E-state index in [-0.39, 0.29) is 17.9 Å². The van der Waals surface area contributed by atoms with Crippen LogP contribution in [0, 0.1) is 26.7 Å². The second-order valence-electron chi connectivity index (χ2n) is 9.34. The van der Waals surface area contributed by atoms with Crippen molar-refractivity contribution in [3.05, 3.63) is 40.4 Å². The second kappa shape index (κ2) is 8.22. The Balaban J connectivity index is 1.51. The summed E-state index contributed by atoms with van der Waals surface area (Å²) in [5.41, 5.74) is 3.22. The summed E-state index contributed by atoms with van der Waals surface area (Å²) in [6, 6.07) is -0.208. The van der Waals surface area contributed by atoms with Gasteiger partial charge < -0.3 is 4.90 Å². The highest BCUT2D eigenvalue weighted by Crippen LogP contribution is 2.37. The van der Waals surface area contributed by atoms with Gasteiger partial charge in [-0.05, 0) is 65.2 Å². The van der Waals surface area contributed by atoms with Crippen LogP contribution < -0.4 is 4.90 Å². The van der Waals surface area contributed by atoms with Crippen molar-refractivity contribution < 1.29 is 9.59 Å².